The lowest BCUT2D eigenvalue weighted by Crippen LogP contribution is -3.15. The van der Waals surface area contributed by atoms with Crippen molar-refractivity contribution in [2.24, 2.45) is 0 Å². The van der Waals surface area contributed by atoms with E-state index in [1.165, 1.54) is 23.0 Å². The van der Waals surface area contributed by atoms with Crippen LogP contribution >= 0.6 is 0 Å². The van der Waals surface area contributed by atoms with Gasteiger partial charge in [-0.3, -0.25) is 25.4 Å². The number of amides is 2. The highest BCUT2D eigenvalue weighted by molar-refractivity contribution is 5.95. The van der Waals surface area contributed by atoms with E-state index in [2.05, 4.69) is 45.0 Å². The van der Waals surface area contributed by atoms with Crippen LogP contribution in [0.1, 0.15) is 16.8 Å². The largest absolute Gasteiger partial charge is 0.360 e. The topological polar surface area (TPSA) is 78.8 Å². The molecule has 2 aromatic rings. The number of quaternary nitrogens is 1. The van der Waals surface area contributed by atoms with Crippen LogP contribution in [-0.2, 0) is 4.79 Å². The Hall–Kier alpha value is -2.93. The van der Waals surface area contributed by atoms with E-state index in [9.17, 15) is 9.59 Å². The van der Waals surface area contributed by atoms with Gasteiger partial charge in [0.25, 0.3) is 5.91 Å². The van der Waals surface area contributed by atoms with E-state index in [1.54, 1.807) is 12.1 Å². The van der Waals surface area contributed by atoms with Gasteiger partial charge in [0, 0.05) is 23.6 Å². The number of benzene rings is 1. The monoisotopic (exact) mass is 354 g/mol. The molecule has 0 saturated carbocycles. The molecule has 7 nitrogen and oxygen atoms in total. The lowest BCUT2D eigenvalue weighted by molar-refractivity contribution is -0.900. The van der Waals surface area contributed by atoms with Crippen LogP contribution < -0.4 is 20.7 Å². The number of nitrogens with zero attached hydrogens (tertiary/aromatic N) is 2. The molecule has 0 unspecified atom stereocenters. The van der Waals surface area contributed by atoms with Gasteiger partial charge in [0.1, 0.15) is 0 Å². The van der Waals surface area contributed by atoms with Crippen LogP contribution in [0.25, 0.3) is 0 Å². The molecule has 0 atom stereocenters. The lowest BCUT2D eigenvalue weighted by Gasteiger charge is -2.33. The zero-order valence-corrected chi connectivity index (χ0v) is 14.6. The van der Waals surface area contributed by atoms with Gasteiger partial charge in [0.05, 0.1) is 39.1 Å². The van der Waals surface area contributed by atoms with Crippen molar-refractivity contribution in [3.8, 4) is 0 Å². The van der Waals surface area contributed by atoms with Crippen molar-refractivity contribution in [3.05, 3.63) is 60.4 Å². The number of carbonyl (C=O) groups excluding carboxylic acids is 2. The molecule has 1 aliphatic heterocycles. The Morgan fingerprint density at radius 2 is 1.69 bits per heavy atom. The molecule has 1 fully saturated rings. The smallest absolute Gasteiger partial charge is 0.269 e. The number of carbonyl (C=O) groups is 2. The number of hydrogen-bond acceptors (Lipinski definition) is 4. The number of pyridine rings is 1. The minimum atomic E-state index is -0.343. The fraction of sp³-hybridized carbons (Fsp3) is 0.316. The van der Waals surface area contributed by atoms with E-state index in [-0.39, 0.29) is 11.8 Å². The van der Waals surface area contributed by atoms with Crippen LogP contribution in [0.3, 0.4) is 0 Å². The SMILES string of the molecule is O=C(CC[NH+]1CCN(c2ccccc2)CC1)NNC(=O)c1ccncc1. The number of piperazine rings is 1. The number of nitrogens with one attached hydrogen (secondary N) is 3. The molecule has 1 aliphatic rings. The van der Waals surface area contributed by atoms with Gasteiger partial charge >= 0.3 is 0 Å². The predicted molar refractivity (Wildman–Crippen MR) is 98.7 cm³/mol. The number of hydrazine groups is 1. The summed E-state index contributed by atoms with van der Waals surface area (Å²) in [5.74, 6) is -0.519. The summed E-state index contributed by atoms with van der Waals surface area (Å²) >= 11 is 0. The molecule has 1 saturated heterocycles. The molecular formula is C19H24N5O2+. The Balaban J connectivity index is 1.35. The first-order valence-electron chi connectivity index (χ1n) is 8.85. The molecule has 2 heterocycles. The average molecular weight is 354 g/mol. The second kappa shape index (κ2) is 8.96. The summed E-state index contributed by atoms with van der Waals surface area (Å²) < 4.78 is 0. The Kier molecular flexibility index (Phi) is 6.16. The molecule has 2 amide bonds. The van der Waals surface area contributed by atoms with Crippen LogP contribution in [0.15, 0.2) is 54.9 Å². The number of hydrogen-bond donors (Lipinski definition) is 3. The highest BCUT2D eigenvalue weighted by Crippen LogP contribution is 2.12. The second-order valence-corrected chi connectivity index (χ2v) is 6.31. The third-order valence-corrected chi connectivity index (χ3v) is 4.56. The van der Waals surface area contributed by atoms with E-state index < -0.39 is 0 Å². The third kappa shape index (κ3) is 5.03. The standard InChI is InChI=1S/C19H23N5O2/c25-18(21-22-19(26)16-6-9-20-10-7-16)8-11-23-12-14-24(15-13-23)17-4-2-1-3-5-17/h1-7,9-10H,8,11-15H2,(H,21,25)(H,22,26)/p+1. The van der Waals surface area contributed by atoms with E-state index in [0.717, 1.165) is 32.7 Å². The summed E-state index contributed by atoms with van der Waals surface area (Å²) in [5.41, 5.74) is 6.62. The summed E-state index contributed by atoms with van der Waals surface area (Å²) in [5, 5.41) is 0. The van der Waals surface area contributed by atoms with Crippen molar-refractivity contribution in [3.63, 3.8) is 0 Å². The molecular weight excluding hydrogens is 330 g/mol. The van der Waals surface area contributed by atoms with Gasteiger partial charge in [0.15, 0.2) is 0 Å². The van der Waals surface area contributed by atoms with Gasteiger partial charge in [-0.15, -0.1) is 0 Å². The Morgan fingerprint density at radius 3 is 2.38 bits per heavy atom. The quantitative estimate of drug-likeness (QED) is 0.641. The Labute approximate surface area is 153 Å². The molecule has 3 N–H and O–H groups in total. The van der Waals surface area contributed by atoms with Gasteiger partial charge in [-0.05, 0) is 24.3 Å². The van der Waals surface area contributed by atoms with E-state index in [0.29, 0.717) is 12.0 Å². The Morgan fingerprint density at radius 1 is 1.00 bits per heavy atom. The van der Waals surface area contributed by atoms with E-state index in [1.807, 2.05) is 6.07 Å². The van der Waals surface area contributed by atoms with Crippen molar-refractivity contribution in [2.45, 2.75) is 6.42 Å². The van der Waals surface area contributed by atoms with Crippen LogP contribution in [0.2, 0.25) is 0 Å². The number of para-hydroxylation sites is 1. The molecule has 1 aromatic carbocycles. The van der Waals surface area contributed by atoms with E-state index in [4.69, 9.17) is 0 Å². The first-order valence-corrected chi connectivity index (χ1v) is 8.85. The van der Waals surface area contributed by atoms with Crippen LogP contribution in [0.4, 0.5) is 5.69 Å². The highest BCUT2D eigenvalue weighted by atomic mass is 16.2. The zero-order chi connectivity index (χ0) is 18.2. The minimum absolute atomic E-state index is 0.176. The van der Waals surface area contributed by atoms with Crippen molar-refractivity contribution in [2.75, 3.05) is 37.6 Å². The van der Waals surface area contributed by atoms with Gasteiger partial charge in [0.2, 0.25) is 5.91 Å². The summed E-state index contributed by atoms with van der Waals surface area (Å²) in [6, 6.07) is 13.6. The summed E-state index contributed by atoms with van der Waals surface area (Å²) in [7, 11) is 0. The van der Waals surface area contributed by atoms with Gasteiger partial charge in [-0.1, -0.05) is 18.2 Å². The van der Waals surface area contributed by atoms with Crippen molar-refractivity contribution < 1.29 is 14.5 Å². The number of aromatic nitrogens is 1. The molecule has 3 rings (SSSR count). The van der Waals surface area contributed by atoms with Crippen molar-refractivity contribution in [1.82, 2.24) is 15.8 Å². The molecule has 136 valence electrons. The molecule has 26 heavy (non-hydrogen) atoms. The maximum Gasteiger partial charge on any atom is 0.269 e. The van der Waals surface area contributed by atoms with E-state index >= 15 is 0 Å². The zero-order valence-electron chi connectivity index (χ0n) is 14.6. The predicted octanol–water partition coefficient (Wildman–Crippen LogP) is -0.362. The van der Waals surface area contributed by atoms with Crippen LogP contribution in [0, 0.1) is 0 Å². The average Bonchev–Trinajstić information content (AvgIpc) is 2.72. The maximum absolute atomic E-state index is 11.9. The van der Waals surface area contributed by atoms with Gasteiger partial charge < -0.3 is 9.80 Å². The first kappa shape index (κ1) is 17.9. The molecule has 0 aliphatic carbocycles. The highest BCUT2D eigenvalue weighted by Gasteiger charge is 2.20. The third-order valence-electron chi connectivity index (χ3n) is 4.56. The summed E-state index contributed by atoms with van der Waals surface area (Å²) in [4.78, 5) is 31.4. The Bertz CT molecular complexity index is 715. The summed E-state index contributed by atoms with van der Waals surface area (Å²) in [6.45, 7) is 4.75. The fourth-order valence-corrected chi connectivity index (χ4v) is 3.02. The first-order chi connectivity index (χ1) is 12.7. The molecule has 1 aromatic heterocycles. The van der Waals surface area contributed by atoms with Gasteiger partial charge in [-0.2, -0.15) is 0 Å². The maximum atomic E-state index is 11.9. The lowest BCUT2D eigenvalue weighted by atomic mass is 10.2. The van der Waals surface area contributed by atoms with Gasteiger partial charge in [-0.25, -0.2) is 0 Å². The minimum Gasteiger partial charge on any atom is -0.360 e. The second-order valence-electron chi connectivity index (χ2n) is 6.31. The molecule has 0 radical (unpaired) electrons. The number of rotatable bonds is 5. The summed E-state index contributed by atoms with van der Waals surface area (Å²) in [6.07, 6.45) is 3.46. The van der Waals surface area contributed by atoms with Crippen LogP contribution in [0.5, 0.6) is 0 Å². The number of anilines is 1. The fourth-order valence-electron chi connectivity index (χ4n) is 3.02. The van der Waals surface area contributed by atoms with Crippen molar-refractivity contribution >= 4 is 17.5 Å². The molecule has 0 spiro atoms. The molecule has 0 bridgehead atoms. The molecule has 7 heteroatoms. The van der Waals surface area contributed by atoms with Crippen LogP contribution in [-0.4, -0.2) is 49.5 Å². The van der Waals surface area contributed by atoms with Crippen molar-refractivity contribution in [1.29, 1.82) is 0 Å². The normalized spacial score (nSPS) is 14.7.